The normalized spacial score (nSPS) is 14.5. The van der Waals surface area contributed by atoms with Gasteiger partial charge in [-0.1, -0.05) is 31.9 Å². The Morgan fingerprint density at radius 3 is 1.67 bits per heavy atom. The molecule has 2 aromatic carbocycles. The second-order valence-electron chi connectivity index (χ2n) is 4.21. The fraction of sp³-hybridized carbons (Fsp3) is 0.143. The van der Waals surface area contributed by atoms with Gasteiger partial charge in [-0.2, -0.15) is 0 Å². The zero-order valence-electron chi connectivity index (χ0n) is 11.5. The van der Waals surface area contributed by atoms with E-state index in [-0.39, 0.29) is 0 Å². The first-order chi connectivity index (χ1) is 9.70. The van der Waals surface area contributed by atoms with Gasteiger partial charge in [0.1, 0.15) is 0 Å². The molecular formula is C14H15Br2NO2S2. The van der Waals surface area contributed by atoms with Crippen LogP contribution in [0.2, 0.25) is 0 Å². The molecule has 0 amide bonds. The SMILES string of the molecule is CS(=N)(=O)c1ccc(Br)cc1.CS(=O)c1ccc(Br)cc1. The van der Waals surface area contributed by atoms with Gasteiger partial charge in [-0.15, -0.1) is 0 Å². The van der Waals surface area contributed by atoms with Crippen molar-refractivity contribution in [1.29, 1.82) is 4.78 Å². The molecule has 114 valence electrons. The Balaban J connectivity index is 0.000000211. The maximum absolute atomic E-state index is 11.2. The van der Waals surface area contributed by atoms with Crippen LogP contribution in [0.1, 0.15) is 0 Å². The predicted molar refractivity (Wildman–Crippen MR) is 95.7 cm³/mol. The third-order valence-electron chi connectivity index (χ3n) is 2.41. The highest BCUT2D eigenvalue weighted by Gasteiger charge is 2.00. The minimum Gasteiger partial charge on any atom is -0.255 e. The summed E-state index contributed by atoms with van der Waals surface area (Å²) in [5, 5.41) is 0. The molecule has 2 unspecified atom stereocenters. The number of hydrogen-bond donors (Lipinski definition) is 1. The average molecular weight is 453 g/mol. The van der Waals surface area contributed by atoms with Crippen LogP contribution in [0.5, 0.6) is 0 Å². The van der Waals surface area contributed by atoms with Crippen LogP contribution in [0, 0.1) is 4.78 Å². The molecule has 0 bridgehead atoms. The van der Waals surface area contributed by atoms with E-state index in [4.69, 9.17) is 4.78 Å². The van der Waals surface area contributed by atoms with Gasteiger partial charge in [0.05, 0.1) is 9.73 Å². The smallest absolute Gasteiger partial charge is 0.0696 e. The molecule has 0 saturated carbocycles. The van der Waals surface area contributed by atoms with Crippen LogP contribution in [0.4, 0.5) is 0 Å². The van der Waals surface area contributed by atoms with Gasteiger partial charge in [0.15, 0.2) is 0 Å². The third kappa shape index (κ3) is 6.86. The molecule has 0 aliphatic heterocycles. The van der Waals surface area contributed by atoms with E-state index >= 15 is 0 Å². The molecule has 2 rings (SSSR count). The van der Waals surface area contributed by atoms with E-state index in [0.717, 1.165) is 13.8 Å². The fourth-order valence-corrected chi connectivity index (χ4v) is 3.02. The second-order valence-corrected chi connectivity index (χ2v) is 9.58. The maximum atomic E-state index is 11.2. The summed E-state index contributed by atoms with van der Waals surface area (Å²) < 4.78 is 31.2. The summed E-state index contributed by atoms with van der Waals surface area (Å²) in [6.07, 6.45) is 3.08. The second kappa shape index (κ2) is 8.22. The van der Waals surface area contributed by atoms with Crippen LogP contribution in [0.3, 0.4) is 0 Å². The fourth-order valence-electron chi connectivity index (χ4n) is 1.32. The zero-order valence-corrected chi connectivity index (χ0v) is 16.3. The molecule has 0 spiro atoms. The van der Waals surface area contributed by atoms with Gasteiger partial charge in [0, 0.05) is 42.0 Å². The molecule has 21 heavy (non-hydrogen) atoms. The maximum Gasteiger partial charge on any atom is 0.0696 e. The molecule has 3 nitrogen and oxygen atoms in total. The van der Waals surface area contributed by atoms with Gasteiger partial charge in [-0.05, 0) is 48.5 Å². The summed E-state index contributed by atoms with van der Waals surface area (Å²) in [6.45, 7) is 0. The molecule has 0 aliphatic carbocycles. The quantitative estimate of drug-likeness (QED) is 0.719. The lowest BCUT2D eigenvalue weighted by Gasteiger charge is -1.99. The summed E-state index contributed by atoms with van der Waals surface area (Å²) in [5.74, 6) is 0. The van der Waals surface area contributed by atoms with Crippen LogP contribution in [0.25, 0.3) is 0 Å². The topological polar surface area (TPSA) is 58.0 Å². The Kier molecular flexibility index (Phi) is 7.26. The average Bonchev–Trinajstić information content (AvgIpc) is 2.39. The number of halogens is 2. The molecule has 2 atom stereocenters. The number of hydrogen-bond acceptors (Lipinski definition) is 3. The highest BCUT2D eigenvalue weighted by molar-refractivity contribution is 9.10. The van der Waals surface area contributed by atoms with E-state index in [0.29, 0.717) is 4.90 Å². The Bertz CT molecular complexity index is 712. The Hall–Kier alpha value is -0.500. The lowest BCUT2D eigenvalue weighted by Crippen LogP contribution is -1.93. The molecule has 0 heterocycles. The third-order valence-corrected chi connectivity index (χ3v) is 5.57. The first kappa shape index (κ1) is 18.5. The van der Waals surface area contributed by atoms with Gasteiger partial charge < -0.3 is 0 Å². The summed E-state index contributed by atoms with van der Waals surface area (Å²) in [7, 11) is -3.40. The van der Waals surface area contributed by atoms with Crippen LogP contribution in [0.15, 0.2) is 67.3 Å². The molecule has 0 aromatic heterocycles. The highest BCUT2D eigenvalue weighted by Crippen LogP contribution is 2.14. The van der Waals surface area contributed by atoms with E-state index < -0.39 is 20.5 Å². The molecule has 7 heteroatoms. The van der Waals surface area contributed by atoms with Crippen molar-refractivity contribution in [3.8, 4) is 0 Å². The van der Waals surface area contributed by atoms with Crippen molar-refractivity contribution in [3.05, 3.63) is 57.5 Å². The summed E-state index contributed by atoms with van der Waals surface area (Å²) in [4.78, 5) is 1.43. The largest absolute Gasteiger partial charge is 0.255 e. The van der Waals surface area contributed by atoms with E-state index in [9.17, 15) is 8.42 Å². The summed E-state index contributed by atoms with van der Waals surface area (Å²) >= 11 is 6.55. The molecule has 1 N–H and O–H groups in total. The van der Waals surface area contributed by atoms with Crippen molar-refractivity contribution in [3.63, 3.8) is 0 Å². The molecule has 0 fully saturated rings. The van der Waals surface area contributed by atoms with Crippen LogP contribution >= 0.6 is 31.9 Å². The molecule has 0 aliphatic rings. The zero-order chi connectivity index (χ0) is 16.0. The van der Waals surface area contributed by atoms with E-state index in [2.05, 4.69) is 31.9 Å². The summed E-state index contributed by atoms with van der Waals surface area (Å²) in [5.41, 5.74) is 0. The van der Waals surface area contributed by atoms with Crippen LogP contribution in [-0.2, 0) is 20.5 Å². The van der Waals surface area contributed by atoms with Gasteiger partial charge in [0.25, 0.3) is 0 Å². The standard InChI is InChI=1S/C7H8BrNOS.C7H7BrOS/c1-11(9,10)7-4-2-6(8)3-5-7;1-10(9)7-4-2-6(8)3-5-7/h2-5,9H,1H3;2-5H,1H3. The van der Waals surface area contributed by atoms with Gasteiger partial charge in [-0.3, -0.25) is 4.21 Å². The van der Waals surface area contributed by atoms with Crippen molar-refractivity contribution < 1.29 is 8.42 Å². The van der Waals surface area contributed by atoms with E-state index in [1.54, 1.807) is 30.5 Å². The highest BCUT2D eigenvalue weighted by atomic mass is 79.9. The van der Waals surface area contributed by atoms with Crippen LogP contribution in [-0.4, -0.2) is 20.9 Å². The molecular weight excluding hydrogens is 438 g/mol. The molecule has 0 saturated heterocycles. The van der Waals surface area contributed by atoms with E-state index in [1.807, 2.05) is 24.3 Å². The van der Waals surface area contributed by atoms with Crippen molar-refractivity contribution in [2.24, 2.45) is 0 Å². The van der Waals surface area contributed by atoms with Gasteiger partial charge >= 0.3 is 0 Å². The number of nitrogens with one attached hydrogen (secondary N) is 1. The molecule has 0 radical (unpaired) electrons. The van der Waals surface area contributed by atoms with Crippen molar-refractivity contribution >= 4 is 52.4 Å². The minimum atomic E-state index is -2.54. The van der Waals surface area contributed by atoms with E-state index in [1.165, 1.54) is 6.26 Å². The lowest BCUT2D eigenvalue weighted by atomic mass is 10.4. The first-order valence-electron chi connectivity index (χ1n) is 5.78. The van der Waals surface area contributed by atoms with Crippen molar-refractivity contribution in [1.82, 2.24) is 0 Å². The Labute approximate surface area is 144 Å². The van der Waals surface area contributed by atoms with Crippen LogP contribution < -0.4 is 0 Å². The minimum absolute atomic E-state index is 0.570. The predicted octanol–water partition coefficient (Wildman–Crippen LogP) is 4.67. The monoisotopic (exact) mass is 451 g/mol. The number of benzene rings is 2. The lowest BCUT2D eigenvalue weighted by molar-refractivity contribution is 0.679. The van der Waals surface area contributed by atoms with Gasteiger partial charge in [-0.25, -0.2) is 8.99 Å². The number of rotatable bonds is 2. The van der Waals surface area contributed by atoms with Crippen molar-refractivity contribution in [2.75, 3.05) is 12.5 Å². The van der Waals surface area contributed by atoms with Gasteiger partial charge in [0.2, 0.25) is 0 Å². The molecule has 2 aromatic rings. The first-order valence-corrected chi connectivity index (χ1v) is 10.9. The Morgan fingerprint density at radius 1 is 0.952 bits per heavy atom. The Morgan fingerprint density at radius 2 is 1.33 bits per heavy atom. The summed E-state index contributed by atoms with van der Waals surface area (Å²) in [6, 6.07) is 14.4. The van der Waals surface area contributed by atoms with Crippen molar-refractivity contribution in [2.45, 2.75) is 9.79 Å².